The largest absolute Gasteiger partial charge is 0.480 e. The number of benzene rings is 1. The zero-order chi connectivity index (χ0) is 27.3. The Labute approximate surface area is 233 Å². The lowest BCUT2D eigenvalue weighted by Gasteiger charge is -2.37. The van der Waals surface area contributed by atoms with Crippen molar-refractivity contribution < 1.29 is 24.2 Å². The number of rotatable bonds is 16. The zero-order valence-electron chi connectivity index (χ0n) is 22.3. The maximum atomic E-state index is 12.5. The average molecular weight is 574 g/mol. The van der Waals surface area contributed by atoms with E-state index in [9.17, 15) is 14.7 Å². The predicted molar refractivity (Wildman–Crippen MR) is 156 cm³/mol. The average Bonchev–Trinajstić information content (AvgIpc) is 2.86. The summed E-state index contributed by atoms with van der Waals surface area (Å²) < 4.78 is 12.6. The van der Waals surface area contributed by atoms with Crippen molar-refractivity contribution in [3.63, 3.8) is 0 Å². The molecule has 210 valence electrons. The lowest BCUT2D eigenvalue weighted by atomic mass is 9.99. The third-order valence-corrected chi connectivity index (χ3v) is 9.75. The zero-order valence-corrected chi connectivity index (χ0v) is 24.8. The van der Waals surface area contributed by atoms with Gasteiger partial charge < -0.3 is 30.9 Å². The maximum Gasteiger partial charge on any atom is 0.320 e. The Bertz CT molecular complexity index is 812. The van der Waals surface area contributed by atoms with Gasteiger partial charge in [0.2, 0.25) is 5.91 Å². The first-order chi connectivity index (χ1) is 17.6. The molecule has 1 aromatic rings. The van der Waals surface area contributed by atoms with Gasteiger partial charge in [-0.3, -0.25) is 9.59 Å². The summed E-state index contributed by atoms with van der Waals surface area (Å²) in [5.74, 6) is 0.233. The van der Waals surface area contributed by atoms with Crippen molar-refractivity contribution in [2.24, 2.45) is 5.73 Å². The van der Waals surface area contributed by atoms with Crippen LogP contribution >= 0.6 is 33.3 Å². The Kier molecular flexibility index (Phi) is 14.7. The SMILES string of the molecule is CSCC[C@H](NC[C@H]1O[C@@H](CNC(=O)[C@@H](N)CSSC(C)(C)C)CC[C@@H]1OCc1ccccc1)C(=O)O. The van der Waals surface area contributed by atoms with Crippen LogP contribution in [0.2, 0.25) is 0 Å². The van der Waals surface area contributed by atoms with E-state index in [1.54, 1.807) is 33.3 Å². The lowest BCUT2D eigenvalue weighted by molar-refractivity contribution is -0.147. The number of nitrogens with one attached hydrogen (secondary N) is 2. The van der Waals surface area contributed by atoms with Crippen LogP contribution in [0, 0.1) is 0 Å². The number of ether oxygens (including phenoxy) is 2. The molecule has 1 aromatic carbocycles. The molecule has 1 aliphatic rings. The number of hydrogen-bond donors (Lipinski definition) is 4. The molecule has 1 aliphatic heterocycles. The Hall–Kier alpha value is -0.950. The maximum absolute atomic E-state index is 12.5. The van der Waals surface area contributed by atoms with Crippen LogP contribution in [0.4, 0.5) is 0 Å². The highest BCUT2D eigenvalue weighted by Crippen LogP contribution is 2.35. The van der Waals surface area contributed by atoms with Crippen molar-refractivity contribution >= 4 is 45.2 Å². The quantitative estimate of drug-likeness (QED) is 0.218. The molecular weight excluding hydrogens is 531 g/mol. The standard InChI is InChI=1S/C26H43N3O5S3/c1-26(2,3)37-36-17-20(27)24(30)29-14-19-10-11-22(33-16-18-8-6-5-7-9-18)23(34-19)15-28-21(25(31)32)12-13-35-4/h5-9,19-23,28H,10-17,27H2,1-4H3,(H,29,30)(H,31,32)/t19-,20+,21+,22+,23-/m1/s1. The Morgan fingerprint density at radius 1 is 1.22 bits per heavy atom. The molecule has 11 heteroatoms. The lowest BCUT2D eigenvalue weighted by Crippen LogP contribution is -2.52. The molecule has 37 heavy (non-hydrogen) atoms. The molecule has 0 bridgehead atoms. The molecule has 0 radical (unpaired) electrons. The van der Waals surface area contributed by atoms with Crippen LogP contribution in [0.5, 0.6) is 0 Å². The summed E-state index contributed by atoms with van der Waals surface area (Å²) in [5.41, 5.74) is 7.15. The summed E-state index contributed by atoms with van der Waals surface area (Å²) in [4.78, 5) is 24.2. The number of carboxylic acids is 1. The van der Waals surface area contributed by atoms with E-state index in [0.717, 1.165) is 24.2 Å². The van der Waals surface area contributed by atoms with E-state index in [2.05, 4.69) is 31.4 Å². The first-order valence-electron chi connectivity index (χ1n) is 12.7. The molecule has 0 spiro atoms. The molecule has 5 N–H and O–H groups in total. The topological polar surface area (TPSA) is 123 Å². The summed E-state index contributed by atoms with van der Waals surface area (Å²) in [6, 6.07) is 8.71. The molecule has 2 rings (SSSR count). The summed E-state index contributed by atoms with van der Waals surface area (Å²) in [6.07, 6.45) is 3.28. The van der Waals surface area contributed by atoms with Crippen LogP contribution in [0.15, 0.2) is 30.3 Å². The van der Waals surface area contributed by atoms with Gasteiger partial charge >= 0.3 is 5.97 Å². The van der Waals surface area contributed by atoms with Crippen LogP contribution in [0.3, 0.4) is 0 Å². The van der Waals surface area contributed by atoms with Crippen LogP contribution in [0.1, 0.15) is 45.6 Å². The van der Waals surface area contributed by atoms with E-state index < -0.39 is 18.1 Å². The minimum atomic E-state index is -0.869. The second-order valence-corrected chi connectivity index (χ2v) is 14.3. The van der Waals surface area contributed by atoms with E-state index in [1.165, 1.54) is 0 Å². The van der Waals surface area contributed by atoms with Crippen LogP contribution in [0.25, 0.3) is 0 Å². The molecule has 5 atom stereocenters. The number of carbonyl (C=O) groups is 2. The molecule has 1 heterocycles. The molecular formula is C26H43N3O5S3. The number of carboxylic acid groups (broad SMARTS) is 1. The highest BCUT2D eigenvalue weighted by Gasteiger charge is 2.33. The monoisotopic (exact) mass is 573 g/mol. The fourth-order valence-corrected chi connectivity index (χ4v) is 6.64. The third-order valence-electron chi connectivity index (χ3n) is 5.73. The van der Waals surface area contributed by atoms with Crippen LogP contribution < -0.4 is 16.4 Å². The van der Waals surface area contributed by atoms with Crippen molar-refractivity contribution in [2.75, 3.05) is 30.9 Å². The van der Waals surface area contributed by atoms with Crippen molar-refractivity contribution in [2.45, 2.75) is 81.8 Å². The Morgan fingerprint density at radius 2 is 1.95 bits per heavy atom. The molecule has 8 nitrogen and oxygen atoms in total. The van der Waals surface area contributed by atoms with Gasteiger partial charge in [-0.1, -0.05) is 72.7 Å². The Balaban J connectivity index is 1.91. The molecule has 1 amide bonds. The predicted octanol–water partition coefficient (Wildman–Crippen LogP) is 3.54. The third kappa shape index (κ3) is 13.1. The van der Waals surface area contributed by atoms with Crippen LogP contribution in [-0.4, -0.2) is 83.0 Å². The summed E-state index contributed by atoms with van der Waals surface area (Å²) >= 11 is 1.62. The van der Waals surface area contributed by atoms with Gasteiger partial charge in [0.1, 0.15) is 6.04 Å². The number of carbonyl (C=O) groups excluding carboxylic acids is 1. The number of amides is 1. The van der Waals surface area contributed by atoms with Gasteiger partial charge in [-0.05, 0) is 36.8 Å². The van der Waals surface area contributed by atoms with E-state index in [0.29, 0.717) is 31.9 Å². The van der Waals surface area contributed by atoms with E-state index >= 15 is 0 Å². The smallest absolute Gasteiger partial charge is 0.320 e. The summed E-state index contributed by atoms with van der Waals surface area (Å²) in [6.45, 7) is 7.55. The first-order valence-corrected chi connectivity index (χ1v) is 16.4. The molecule has 1 fully saturated rings. The van der Waals surface area contributed by atoms with Crippen molar-refractivity contribution in [1.82, 2.24) is 10.6 Å². The fraction of sp³-hybridized carbons (Fsp3) is 0.692. The fourth-order valence-electron chi connectivity index (χ4n) is 3.75. The molecule has 0 aromatic heterocycles. The second kappa shape index (κ2) is 16.9. The van der Waals surface area contributed by atoms with Crippen molar-refractivity contribution in [3.8, 4) is 0 Å². The normalized spacial score (nSPS) is 21.8. The van der Waals surface area contributed by atoms with Gasteiger partial charge in [0, 0.05) is 23.6 Å². The van der Waals surface area contributed by atoms with Crippen molar-refractivity contribution in [1.29, 1.82) is 0 Å². The molecule has 0 aliphatic carbocycles. The molecule has 0 unspecified atom stereocenters. The van der Waals surface area contributed by atoms with E-state index in [-0.39, 0.29) is 29.0 Å². The van der Waals surface area contributed by atoms with Gasteiger partial charge in [0.15, 0.2) is 0 Å². The van der Waals surface area contributed by atoms with E-state index in [1.807, 2.05) is 36.6 Å². The van der Waals surface area contributed by atoms with Gasteiger partial charge in [-0.15, -0.1) is 0 Å². The minimum Gasteiger partial charge on any atom is -0.480 e. The number of hydrogen-bond acceptors (Lipinski definition) is 9. The molecule has 0 saturated carbocycles. The van der Waals surface area contributed by atoms with Gasteiger partial charge in [-0.2, -0.15) is 11.8 Å². The molecule has 1 saturated heterocycles. The summed E-state index contributed by atoms with van der Waals surface area (Å²) in [7, 11) is 3.32. The Morgan fingerprint density at radius 3 is 2.59 bits per heavy atom. The summed E-state index contributed by atoms with van der Waals surface area (Å²) in [5, 5.41) is 15.7. The number of nitrogens with two attached hydrogens (primary N) is 1. The highest BCUT2D eigenvalue weighted by molar-refractivity contribution is 8.77. The first kappa shape index (κ1) is 32.3. The van der Waals surface area contributed by atoms with Gasteiger partial charge in [0.05, 0.1) is 31.0 Å². The van der Waals surface area contributed by atoms with Gasteiger partial charge in [0.25, 0.3) is 0 Å². The minimum absolute atomic E-state index is 0.105. The van der Waals surface area contributed by atoms with E-state index in [4.69, 9.17) is 15.2 Å². The number of thioether (sulfide) groups is 1. The van der Waals surface area contributed by atoms with Gasteiger partial charge in [-0.25, -0.2) is 0 Å². The van der Waals surface area contributed by atoms with Crippen LogP contribution in [-0.2, 0) is 25.7 Å². The van der Waals surface area contributed by atoms with Crippen molar-refractivity contribution in [3.05, 3.63) is 35.9 Å². The highest BCUT2D eigenvalue weighted by atomic mass is 33.1. The number of aliphatic carboxylic acids is 1. The second-order valence-electron chi connectivity index (χ2n) is 10.1.